The molecule has 2 aromatic carbocycles. The zero-order chi connectivity index (χ0) is 22.0. The van der Waals surface area contributed by atoms with Crippen LogP contribution in [-0.4, -0.2) is 51.4 Å². The molecule has 0 bridgehead atoms. The minimum atomic E-state index is 0. The van der Waals surface area contributed by atoms with Gasteiger partial charge in [0.2, 0.25) is 0 Å². The van der Waals surface area contributed by atoms with Crippen LogP contribution in [0, 0.1) is 0 Å². The van der Waals surface area contributed by atoms with Gasteiger partial charge in [-0.15, -0.1) is 0 Å². The summed E-state index contributed by atoms with van der Waals surface area (Å²) >= 11 is 0. The fourth-order valence-corrected chi connectivity index (χ4v) is 4.16. The van der Waals surface area contributed by atoms with E-state index in [4.69, 9.17) is 4.74 Å². The van der Waals surface area contributed by atoms with E-state index in [-0.39, 0.29) is 51.4 Å². The van der Waals surface area contributed by atoms with Gasteiger partial charge in [-0.3, -0.25) is 0 Å². The molecule has 0 aliphatic carbocycles. The Morgan fingerprint density at radius 3 is 1.09 bits per heavy atom. The van der Waals surface area contributed by atoms with Gasteiger partial charge < -0.3 is 4.74 Å². The molecule has 0 aliphatic heterocycles. The zero-order valence-corrected chi connectivity index (χ0v) is 20.3. The van der Waals surface area contributed by atoms with Gasteiger partial charge in [0.05, 0.1) is 0 Å². The molecule has 1 nitrogen and oxygen atoms in total. The van der Waals surface area contributed by atoms with E-state index in [2.05, 4.69) is 62.4 Å². The first kappa shape index (κ1) is 29.9. The van der Waals surface area contributed by atoms with Crippen LogP contribution >= 0.6 is 0 Å². The van der Waals surface area contributed by atoms with Gasteiger partial charge >= 0.3 is 51.4 Å². The van der Waals surface area contributed by atoms with Crippen molar-refractivity contribution in [3.05, 3.63) is 59.7 Å². The van der Waals surface area contributed by atoms with Crippen molar-refractivity contribution in [1.29, 1.82) is 0 Å². The van der Waals surface area contributed by atoms with Gasteiger partial charge in [-0.25, -0.2) is 0 Å². The van der Waals surface area contributed by atoms with Gasteiger partial charge in [0, 0.05) is 0 Å². The van der Waals surface area contributed by atoms with Crippen LogP contribution in [0.25, 0.3) is 0 Å². The van der Waals surface area contributed by atoms with Crippen molar-refractivity contribution < 1.29 is 4.74 Å². The van der Waals surface area contributed by atoms with Crippen LogP contribution in [0.4, 0.5) is 0 Å². The Labute approximate surface area is 241 Å². The maximum absolute atomic E-state index is 6.05. The number of benzene rings is 2. The average molecular weight is 463 g/mol. The molecular formula is C30H47KO. The number of rotatable bonds is 18. The van der Waals surface area contributed by atoms with Gasteiger partial charge in [-0.2, -0.15) is 0 Å². The minimum absolute atomic E-state index is 0. The molecule has 174 valence electrons. The summed E-state index contributed by atoms with van der Waals surface area (Å²) in [5.41, 5.74) is 2.84. The molecule has 32 heavy (non-hydrogen) atoms. The van der Waals surface area contributed by atoms with Crippen LogP contribution in [0.1, 0.15) is 115 Å². The number of ether oxygens (including phenoxy) is 1. The van der Waals surface area contributed by atoms with E-state index in [1.807, 2.05) is 0 Å². The molecule has 0 radical (unpaired) electrons. The second kappa shape index (κ2) is 20.3. The number of hydrogen-bond acceptors (Lipinski definition) is 1. The van der Waals surface area contributed by atoms with Gasteiger partial charge in [0.25, 0.3) is 0 Å². The molecule has 0 N–H and O–H groups in total. The Morgan fingerprint density at radius 1 is 0.438 bits per heavy atom. The number of hydrogen-bond donors (Lipinski definition) is 0. The number of aryl methyl sites for hydroxylation is 2. The van der Waals surface area contributed by atoms with E-state index in [0.717, 1.165) is 11.5 Å². The molecule has 0 heterocycles. The summed E-state index contributed by atoms with van der Waals surface area (Å²) in [6.45, 7) is 4.56. The van der Waals surface area contributed by atoms with E-state index in [9.17, 15) is 0 Å². The van der Waals surface area contributed by atoms with Crippen LogP contribution in [0.15, 0.2) is 48.5 Å². The van der Waals surface area contributed by atoms with Crippen molar-refractivity contribution in [3.63, 3.8) is 0 Å². The van der Waals surface area contributed by atoms with Gasteiger partial charge in [-0.05, 0) is 61.1 Å². The zero-order valence-electron chi connectivity index (χ0n) is 20.3. The van der Waals surface area contributed by atoms with Crippen LogP contribution in [0.3, 0.4) is 0 Å². The Kier molecular flexibility index (Phi) is 18.9. The Hall–Kier alpha value is -0.124. The van der Waals surface area contributed by atoms with Crippen molar-refractivity contribution in [3.8, 4) is 11.5 Å². The van der Waals surface area contributed by atoms with Crippen molar-refractivity contribution in [2.75, 3.05) is 0 Å². The third kappa shape index (κ3) is 14.2. The van der Waals surface area contributed by atoms with Crippen molar-refractivity contribution in [2.24, 2.45) is 0 Å². The maximum atomic E-state index is 6.05. The van der Waals surface area contributed by atoms with E-state index >= 15 is 0 Å². The van der Waals surface area contributed by atoms with Crippen LogP contribution < -0.4 is 4.74 Å². The molecule has 0 aromatic heterocycles. The SMILES string of the molecule is CCCCCCCCCc1ccc(Oc2ccc(CCCCCCCCC)cc2)cc1.[KH]. The fraction of sp³-hybridized carbons (Fsp3) is 0.600. The van der Waals surface area contributed by atoms with Crippen LogP contribution in [0.5, 0.6) is 11.5 Å². The third-order valence-electron chi connectivity index (χ3n) is 6.22. The summed E-state index contributed by atoms with van der Waals surface area (Å²) < 4.78 is 6.05. The van der Waals surface area contributed by atoms with Crippen LogP contribution in [0.2, 0.25) is 0 Å². The Bertz CT molecular complexity index is 603. The first-order valence-electron chi connectivity index (χ1n) is 13.2. The molecule has 2 heteroatoms. The van der Waals surface area contributed by atoms with Crippen LogP contribution in [-0.2, 0) is 12.8 Å². The standard InChI is InChI=1S/C30H46O.K.H/c1-3-5-7-9-11-13-15-17-27-19-23-29(24-20-27)31-30-25-21-28(22-26-30)18-16-14-12-10-8-6-4-2;;/h19-26H,3-18H2,1-2H3;;. The third-order valence-corrected chi connectivity index (χ3v) is 6.22. The summed E-state index contributed by atoms with van der Waals surface area (Å²) in [5, 5.41) is 0. The predicted molar refractivity (Wildman–Crippen MR) is 144 cm³/mol. The molecule has 0 atom stereocenters. The number of unbranched alkanes of at least 4 members (excludes halogenated alkanes) is 12. The second-order valence-corrected chi connectivity index (χ2v) is 9.13. The van der Waals surface area contributed by atoms with Crippen molar-refractivity contribution in [2.45, 2.75) is 117 Å². The van der Waals surface area contributed by atoms with Crippen molar-refractivity contribution >= 4 is 51.4 Å². The molecule has 2 rings (SSSR count). The summed E-state index contributed by atoms with van der Waals surface area (Å²) in [7, 11) is 0. The molecule has 0 unspecified atom stereocenters. The molecule has 2 aromatic rings. The Balaban J connectivity index is 0.00000512. The van der Waals surface area contributed by atoms with Gasteiger partial charge in [-0.1, -0.05) is 115 Å². The normalized spacial score (nSPS) is 10.7. The second-order valence-electron chi connectivity index (χ2n) is 9.13. The predicted octanol–water partition coefficient (Wildman–Crippen LogP) is 9.42. The summed E-state index contributed by atoms with van der Waals surface area (Å²) in [4.78, 5) is 0. The van der Waals surface area contributed by atoms with E-state index < -0.39 is 0 Å². The monoisotopic (exact) mass is 462 g/mol. The molecule has 0 saturated heterocycles. The summed E-state index contributed by atoms with van der Waals surface area (Å²) in [5.74, 6) is 1.87. The molecule has 0 spiro atoms. The molecular weight excluding hydrogens is 415 g/mol. The van der Waals surface area contributed by atoms with Crippen molar-refractivity contribution in [1.82, 2.24) is 0 Å². The topological polar surface area (TPSA) is 9.23 Å². The van der Waals surface area contributed by atoms with E-state index in [1.165, 1.54) is 114 Å². The first-order valence-corrected chi connectivity index (χ1v) is 13.2. The van der Waals surface area contributed by atoms with Gasteiger partial charge in [0.15, 0.2) is 0 Å². The molecule has 0 fully saturated rings. The quantitative estimate of drug-likeness (QED) is 0.158. The first-order chi connectivity index (χ1) is 15.3. The van der Waals surface area contributed by atoms with E-state index in [0.29, 0.717) is 0 Å². The molecule has 0 amide bonds. The summed E-state index contributed by atoms with van der Waals surface area (Å²) in [6, 6.07) is 17.4. The molecule has 0 aliphatic rings. The summed E-state index contributed by atoms with van der Waals surface area (Å²) in [6.07, 6.45) is 21.5. The van der Waals surface area contributed by atoms with Gasteiger partial charge in [0.1, 0.15) is 11.5 Å². The fourth-order valence-electron chi connectivity index (χ4n) is 4.16. The molecule has 0 saturated carbocycles. The Morgan fingerprint density at radius 2 is 0.750 bits per heavy atom. The van der Waals surface area contributed by atoms with E-state index in [1.54, 1.807) is 0 Å². The average Bonchev–Trinajstić information content (AvgIpc) is 2.80.